The molecule has 0 aromatic carbocycles. The number of nitrogens with zero attached hydrogens (tertiary/aromatic N) is 2. The first-order valence-electron chi connectivity index (χ1n) is 3.81. The van der Waals surface area contributed by atoms with Crippen molar-refractivity contribution in [3.63, 3.8) is 0 Å². The molecule has 11 heavy (non-hydrogen) atoms. The highest BCUT2D eigenvalue weighted by Crippen LogP contribution is 1.93. The monoisotopic (exact) mass is 156 g/mol. The standard InChI is InChI=1S/C6H7FN2.C2H6/c1-2-5-3-4-6(7)9-8-5;1-2/h3-4H,2H2,1H3;1-2H3. The van der Waals surface area contributed by atoms with E-state index in [1.54, 1.807) is 6.07 Å². The number of hydrogen-bond acceptors (Lipinski definition) is 2. The fourth-order valence-electron chi connectivity index (χ4n) is 0.532. The van der Waals surface area contributed by atoms with E-state index in [0.717, 1.165) is 12.1 Å². The van der Waals surface area contributed by atoms with Crippen molar-refractivity contribution < 1.29 is 4.39 Å². The summed E-state index contributed by atoms with van der Waals surface area (Å²) in [5.41, 5.74) is 0.816. The van der Waals surface area contributed by atoms with Crippen LogP contribution in [0, 0.1) is 5.95 Å². The summed E-state index contributed by atoms with van der Waals surface area (Å²) in [6, 6.07) is 2.94. The summed E-state index contributed by atoms with van der Waals surface area (Å²) in [5.74, 6) is -0.521. The van der Waals surface area contributed by atoms with E-state index in [1.165, 1.54) is 6.07 Å². The summed E-state index contributed by atoms with van der Waals surface area (Å²) >= 11 is 0. The van der Waals surface area contributed by atoms with Crippen molar-refractivity contribution in [1.82, 2.24) is 10.2 Å². The van der Waals surface area contributed by atoms with E-state index in [0.29, 0.717) is 0 Å². The first kappa shape index (κ1) is 10.0. The van der Waals surface area contributed by atoms with Gasteiger partial charge < -0.3 is 0 Å². The number of aryl methyl sites for hydroxylation is 1. The van der Waals surface area contributed by atoms with Gasteiger partial charge in [0.2, 0.25) is 5.95 Å². The average Bonchev–Trinajstić information content (AvgIpc) is 2.10. The third-order valence-electron chi connectivity index (χ3n) is 1.05. The number of rotatable bonds is 1. The molecule has 0 N–H and O–H groups in total. The van der Waals surface area contributed by atoms with Crippen LogP contribution in [0.1, 0.15) is 26.5 Å². The van der Waals surface area contributed by atoms with Crippen LogP contribution in [0.25, 0.3) is 0 Å². The highest BCUT2D eigenvalue weighted by Gasteiger charge is 1.90. The van der Waals surface area contributed by atoms with Crippen molar-refractivity contribution in [3.05, 3.63) is 23.8 Å². The van der Waals surface area contributed by atoms with Crippen molar-refractivity contribution in [2.75, 3.05) is 0 Å². The summed E-state index contributed by atoms with van der Waals surface area (Å²) in [6.07, 6.45) is 0.799. The number of hydrogen-bond donors (Lipinski definition) is 0. The van der Waals surface area contributed by atoms with Gasteiger partial charge in [0.05, 0.1) is 5.69 Å². The molecule has 1 heterocycles. The topological polar surface area (TPSA) is 25.8 Å². The third-order valence-corrected chi connectivity index (χ3v) is 1.05. The van der Waals surface area contributed by atoms with E-state index >= 15 is 0 Å². The smallest absolute Gasteiger partial charge is 0.183 e. The second-order valence-electron chi connectivity index (χ2n) is 1.70. The van der Waals surface area contributed by atoms with Crippen LogP contribution in [0.4, 0.5) is 4.39 Å². The van der Waals surface area contributed by atoms with Crippen molar-refractivity contribution in [1.29, 1.82) is 0 Å². The molecule has 1 aromatic heterocycles. The maximum Gasteiger partial charge on any atom is 0.233 e. The molecule has 0 spiro atoms. The van der Waals surface area contributed by atoms with Gasteiger partial charge in [-0.1, -0.05) is 20.8 Å². The van der Waals surface area contributed by atoms with Crippen molar-refractivity contribution in [2.24, 2.45) is 0 Å². The zero-order valence-corrected chi connectivity index (χ0v) is 7.13. The van der Waals surface area contributed by atoms with E-state index in [-0.39, 0.29) is 0 Å². The van der Waals surface area contributed by atoms with Crippen LogP contribution >= 0.6 is 0 Å². The number of halogens is 1. The molecule has 62 valence electrons. The van der Waals surface area contributed by atoms with Gasteiger partial charge >= 0.3 is 0 Å². The van der Waals surface area contributed by atoms with E-state index in [1.807, 2.05) is 20.8 Å². The largest absolute Gasteiger partial charge is 0.233 e. The van der Waals surface area contributed by atoms with E-state index in [4.69, 9.17) is 0 Å². The van der Waals surface area contributed by atoms with Gasteiger partial charge in [0.15, 0.2) is 0 Å². The van der Waals surface area contributed by atoms with Crippen molar-refractivity contribution in [3.8, 4) is 0 Å². The fourth-order valence-corrected chi connectivity index (χ4v) is 0.532. The lowest BCUT2D eigenvalue weighted by molar-refractivity contribution is 0.559. The first-order chi connectivity index (χ1) is 5.33. The molecule has 0 bridgehead atoms. The van der Waals surface area contributed by atoms with E-state index < -0.39 is 5.95 Å². The van der Waals surface area contributed by atoms with Gasteiger partial charge in [0.25, 0.3) is 0 Å². The lowest BCUT2D eigenvalue weighted by atomic mass is 10.3. The average molecular weight is 156 g/mol. The molecule has 0 radical (unpaired) electrons. The van der Waals surface area contributed by atoms with Crippen LogP contribution in [-0.4, -0.2) is 10.2 Å². The molecule has 0 atom stereocenters. The predicted octanol–water partition coefficient (Wildman–Crippen LogP) is 2.20. The minimum Gasteiger partial charge on any atom is -0.183 e. The Morgan fingerprint density at radius 3 is 2.27 bits per heavy atom. The highest BCUT2D eigenvalue weighted by molar-refractivity contribution is 4.99. The van der Waals surface area contributed by atoms with E-state index in [2.05, 4.69) is 10.2 Å². The molecule has 0 amide bonds. The molecule has 0 unspecified atom stereocenters. The molecule has 0 saturated heterocycles. The van der Waals surface area contributed by atoms with Gasteiger partial charge in [-0.3, -0.25) is 0 Å². The fraction of sp³-hybridized carbons (Fsp3) is 0.500. The quantitative estimate of drug-likeness (QED) is 0.623. The number of aromatic nitrogens is 2. The van der Waals surface area contributed by atoms with Gasteiger partial charge in [0, 0.05) is 0 Å². The van der Waals surface area contributed by atoms with Crippen LogP contribution in [0.15, 0.2) is 12.1 Å². The maximum atomic E-state index is 12.0. The van der Waals surface area contributed by atoms with Crippen LogP contribution in [-0.2, 0) is 6.42 Å². The summed E-state index contributed by atoms with van der Waals surface area (Å²) < 4.78 is 12.0. The molecular weight excluding hydrogens is 143 g/mol. The van der Waals surface area contributed by atoms with Gasteiger partial charge in [-0.15, -0.1) is 5.10 Å². The van der Waals surface area contributed by atoms with Crippen molar-refractivity contribution in [2.45, 2.75) is 27.2 Å². The highest BCUT2D eigenvalue weighted by atomic mass is 19.1. The normalized spacial score (nSPS) is 8.36. The molecular formula is C8H13FN2. The first-order valence-corrected chi connectivity index (χ1v) is 3.81. The van der Waals surface area contributed by atoms with Crippen LogP contribution < -0.4 is 0 Å². The zero-order valence-electron chi connectivity index (χ0n) is 7.13. The lowest BCUT2D eigenvalue weighted by Crippen LogP contribution is -1.91. The molecule has 2 nitrogen and oxygen atoms in total. The Labute approximate surface area is 66.5 Å². The Bertz CT molecular complexity index is 184. The lowest BCUT2D eigenvalue weighted by Gasteiger charge is -1.89. The van der Waals surface area contributed by atoms with Crippen LogP contribution in [0.5, 0.6) is 0 Å². The zero-order chi connectivity index (χ0) is 8.69. The Morgan fingerprint density at radius 2 is 1.91 bits per heavy atom. The minimum absolute atomic E-state index is 0.521. The maximum absolute atomic E-state index is 12.0. The van der Waals surface area contributed by atoms with Gasteiger partial charge in [-0.2, -0.15) is 9.49 Å². The summed E-state index contributed by atoms with van der Waals surface area (Å²) in [5, 5.41) is 6.81. The Kier molecular flexibility index (Phi) is 5.25. The Balaban J connectivity index is 0.000000461. The van der Waals surface area contributed by atoms with Crippen LogP contribution in [0.3, 0.4) is 0 Å². The summed E-state index contributed by atoms with van der Waals surface area (Å²) in [7, 11) is 0. The molecule has 1 aromatic rings. The molecule has 0 aliphatic heterocycles. The van der Waals surface area contributed by atoms with Crippen molar-refractivity contribution >= 4 is 0 Å². The van der Waals surface area contributed by atoms with Gasteiger partial charge in [-0.05, 0) is 18.6 Å². The van der Waals surface area contributed by atoms with E-state index in [9.17, 15) is 4.39 Å². The van der Waals surface area contributed by atoms with Crippen LogP contribution in [0.2, 0.25) is 0 Å². The molecule has 3 heteroatoms. The molecule has 0 fully saturated rings. The molecule has 0 aliphatic rings. The Morgan fingerprint density at radius 1 is 1.27 bits per heavy atom. The molecule has 0 aliphatic carbocycles. The van der Waals surface area contributed by atoms with Gasteiger partial charge in [-0.25, -0.2) is 0 Å². The second kappa shape index (κ2) is 5.77. The third kappa shape index (κ3) is 3.65. The Hall–Kier alpha value is -0.990. The molecule has 0 saturated carbocycles. The minimum atomic E-state index is -0.521. The SMILES string of the molecule is CC.CCc1ccc(F)nn1. The summed E-state index contributed by atoms with van der Waals surface area (Å²) in [6.45, 7) is 5.95. The van der Waals surface area contributed by atoms with Gasteiger partial charge in [0.1, 0.15) is 0 Å². The summed E-state index contributed by atoms with van der Waals surface area (Å²) in [4.78, 5) is 0. The predicted molar refractivity (Wildman–Crippen MR) is 42.7 cm³/mol. The molecule has 1 rings (SSSR count). The second-order valence-corrected chi connectivity index (χ2v) is 1.70.